The minimum Gasteiger partial charge on any atom is -0.317 e. The predicted octanol–water partition coefficient (Wildman–Crippen LogP) is 2.30. The van der Waals surface area contributed by atoms with Crippen LogP contribution in [0.3, 0.4) is 0 Å². The molecule has 2 nitrogen and oxygen atoms in total. The minimum absolute atomic E-state index is 0.151. The normalized spacial score (nSPS) is 17.3. The second kappa shape index (κ2) is 6.86. The Hall–Kier alpha value is -0.930. The van der Waals surface area contributed by atoms with E-state index in [0.717, 1.165) is 32.0 Å². The molecule has 0 unspecified atom stereocenters. The Bertz CT molecular complexity index is 344. The Morgan fingerprint density at radius 3 is 2.56 bits per heavy atom. The van der Waals surface area contributed by atoms with E-state index in [1.165, 1.54) is 24.9 Å². The van der Waals surface area contributed by atoms with Crippen LogP contribution in [-0.4, -0.2) is 38.1 Å². The summed E-state index contributed by atoms with van der Waals surface area (Å²) in [7, 11) is 2.19. The van der Waals surface area contributed by atoms with Gasteiger partial charge in [0.05, 0.1) is 0 Å². The highest BCUT2D eigenvalue weighted by Gasteiger charge is 2.14. The standard InChI is InChI=1S/C15H23FN2/c1-18(12-14-6-9-17-10-7-14)11-8-13-2-4-15(16)5-3-13/h2-5,14,17H,6-12H2,1H3. The van der Waals surface area contributed by atoms with Gasteiger partial charge >= 0.3 is 0 Å². The fraction of sp³-hybridized carbons (Fsp3) is 0.600. The molecule has 1 aliphatic heterocycles. The molecule has 0 bridgehead atoms. The first-order chi connectivity index (χ1) is 8.74. The molecule has 1 aromatic carbocycles. The monoisotopic (exact) mass is 250 g/mol. The smallest absolute Gasteiger partial charge is 0.123 e. The zero-order chi connectivity index (χ0) is 12.8. The topological polar surface area (TPSA) is 15.3 Å². The summed E-state index contributed by atoms with van der Waals surface area (Å²) in [5, 5.41) is 3.40. The van der Waals surface area contributed by atoms with Crippen molar-refractivity contribution in [2.24, 2.45) is 5.92 Å². The van der Waals surface area contributed by atoms with Crippen LogP contribution in [0.15, 0.2) is 24.3 Å². The second-order valence-electron chi connectivity index (χ2n) is 5.33. The van der Waals surface area contributed by atoms with Gasteiger partial charge in [-0.2, -0.15) is 0 Å². The number of hydrogen-bond donors (Lipinski definition) is 1. The van der Waals surface area contributed by atoms with E-state index in [4.69, 9.17) is 0 Å². The van der Waals surface area contributed by atoms with Crippen molar-refractivity contribution in [2.75, 3.05) is 33.2 Å². The fourth-order valence-electron chi connectivity index (χ4n) is 2.57. The average molecular weight is 250 g/mol. The van der Waals surface area contributed by atoms with E-state index in [1.54, 1.807) is 12.1 Å². The number of piperidine rings is 1. The first kappa shape index (κ1) is 13.5. The quantitative estimate of drug-likeness (QED) is 0.862. The van der Waals surface area contributed by atoms with Crippen molar-refractivity contribution in [3.63, 3.8) is 0 Å². The summed E-state index contributed by atoms with van der Waals surface area (Å²) >= 11 is 0. The molecule has 1 aliphatic rings. The lowest BCUT2D eigenvalue weighted by atomic mass is 9.97. The Morgan fingerprint density at radius 1 is 1.22 bits per heavy atom. The van der Waals surface area contributed by atoms with Crippen molar-refractivity contribution in [3.8, 4) is 0 Å². The molecule has 0 saturated carbocycles. The molecule has 0 atom stereocenters. The molecule has 1 saturated heterocycles. The Kier molecular flexibility index (Phi) is 5.14. The average Bonchev–Trinajstić information content (AvgIpc) is 2.39. The van der Waals surface area contributed by atoms with Gasteiger partial charge in [-0.25, -0.2) is 4.39 Å². The largest absolute Gasteiger partial charge is 0.317 e. The molecular weight excluding hydrogens is 227 g/mol. The third-order valence-corrected chi connectivity index (χ3v) is 3.72. The van der Waals surface area contributed by atoms with Crippen LogP contribution in [0.1, 0.15) is 18.4 Å². The van der Waals surface area contributed by atoms with Gasteiger partial charge in [-0.1, -0.05) is 12.1 Å². The van der Waals surface area contributed by atoms with Crippen molar-refractivity contribution >= 4 is 0 Å². The van der Waals surface area contributed by atoms with Crippen LogP contribution in [-0.2, 0) is 6.42 Å². The third kappa shape index (κ3) is 4.39. The van der Waals surface area contributed by atoms with Gasteiger partial charge in [-0.3, -0.25) is 0 Å². The Labute approximate surface area is 109 Å². The van der Waals surface area contributed by atoms with E-state index < -0.39 is 0 Å². The lowest BCUT2D eigenvalue weighted by Crippen LogP contribution is -2.35. The highest BCUT2D eigenvalue weighted by molar-refractivity contribution is 5.16. The van der Waals surface area contributed by atoms with Gasteiger partial charge in [0.25, 0.3) is 0 Å². The summed E-state index contributed by atoms with van der Waals surface area (Å²) in [6.45, 7) is 4.56. The van der Waals surface area contributed by atoms with Crippen LogP contribution in [0.5, 0.6) is 0 Å². The maximum atomic E-state index is 12.8. The van der Waals surface area contributed by atoms with Crippen LogP contribution in [0.2, 0.25) is 0 Å². The number of benzene rings is 1. The summed E-state index contributed by atoms with van der Waals surface area (Å²) in [4.78, 5) is 2.40. The molecular formula is C15H23FN2. The number of nitrogens with one attached hydrogen (secondary N) is 1. The van der Waals surface area contributed by atoms with Gasteiger partial charge in [-0.05, 0) is 63.0 Å². The van der Waals surface area contributed by atoms with E-state index in [-0.39, 0.29) is 5.82 Å². The van der Waals surface area contributed by atoms with E-state index in [0.29, 0.717) is 0 Å². The van der Waals surface area contributed by atoms with Crippen LogP contribution in [0.4, 0.5) is 4.39 Å². The molecule has 0 radical (unpaired) electrons. The molecule has 1 heterocycles. The van der Waals surface area contributed by atoms with Crippen LogP contribution < -0.4 is 5.32 Å². The van der Waals surface area contributed by atoms with Gasteiger partial charge in [0.15, 0.2) is 0 Å². The first-order valence-electron chi connectivity index (χ1n) is 6.88. The summed E-state index contributed by atoms with van der Waals surface area (Å²) in [5.41, 5.74) is 1.22. The third-order valence-electron chi connectivity index (χ3n) is 3.72. The van der Waals surface area contributed by atoms with Crippen LogP contribution in [0.25, 0.3) is 0 Å². The van der Waals surface area contributed by atoms with Gasteiger partial charge in [0, 0.05) is 13.1 Å². The zero-order valence-corrected chi connectivity index (χ0v) is 11.2. The van der Waals surface area contributed by atoms with Crippen molar-refractivity contribution < 1.29 is 4.39 Å². The molecule has 0 spiro atoms. The lowest BCUT2D eigenvalue weighted by Gasteiger charge is -2.27. The number of nitrogens with zero attached hydrogens (tertiary/aromatic N) is 1. The number of likely N-dealkylation sites (N-methyl/N-ethyl adjacent to an activating group) is 1. The highest BCUT2D eigenvalue weighted by Crippen LogP contribution is 2.13. The number of halogens is 1. The van der Waals surface area contributed by atoms with E-state index in [9.17, 15) is 4.39 Å². The predicted molar refractivity (Wildman–Crippen MR) is 73.2 cm³/mol. The highest BCUT2D eigenvalue weighted by atomic mass is 19.1. The molecule has 2 rings (SSSR count). The van der Waals surface area contributed by atoms with Crippen molar-refractivity contribution in [1.29, 1.82) is 0 Å². The molecule has 1 aromatic rings. The molecule has 0 aliphatic carbocycles. The molecule has 0 aromatic heterocycles. The first-order valence-corrected chi connectivity index (χ1v) is 6.88. The van der Waals surface area contributed by atoms with E-state index >= 15 is 0 Å². The number of rotatable bonds is 5. The Morgan fingerprint density at radius 2 is 1.89 bits per heavy atom. The molecule has 1 N–H and O–H groups in total. The molecule has 100 valence electrons. The second-order valence-corrected chi connectivity index (χ2v) is 5.33. The van der Waals surface area contributed by atoms with Crippen molar-refractivity contribution in [2.45, 2.75) is 19.3 Å². The SMILES string of the molecule is CN(CCc1ccc(F)cc1)CC1CCNCC1. The van der Waals surface area contributed by atoms with E-state index in [2.05, 4.69) is 17.3 Å². The minimum atomic E-state index is -0.151. The zero-order valence-electron chi connectivity index (χ0n) is 11.2. The Balaban J connectivity index is 1.70. The van der Waals surface area contributed by atoms with Gasteiger partial charge in [0.2, 0.25) is 0 Å². The molecule has 3 heteroatoms. The van der Waals surface area contributed by atoms with Crippen molar-refractivity contribution in [1.82, 2.24) is 10.2 Å². The molecule has 1 fully saturated rings. The summed E-state index contributed by atoms with van der Waals surface area (Å²) in [6, 6.07) is 6.85. The maximum absolute atomic E-state index is 12.8. The summed E-state index contributed by atoms with van der Waals surface area (Å²) < 4.78 is 12.8. The van der Waals surface area contributed by atoms with Gasteiger partial charge in [-0.15, -0.1) is 0 Å². The van der Waals surface area contributed by atoms with Gasteiger partial charge < -0.3 is 10.2 Å². The van der Waals surface area contributed by atoms with Crippen molar-refractivity contribution in [3.05, 3.63) is 35.6 Å². The maximum Gasteiger partial charge on any atom is 0.123 e. The van der Waals surface area contributed by atoms with Crippen LogP contribution >= 0.6 is 0 Å². The van der Waals surface area contributed by atoms with E-state index in [1.807, 2.05) is 12.1 Å². The number of hydrogen-bond acceptors (Lipinski definition) is 2. The molecule has 18 heavy (non-hydrogen) atoms. The molecule has 0 amide bonds. The summed E-state index contributed by atoms with van der Waals surface area (Å²) in [5.74, 6) is 0.686. The lowest BCUT2D eigenvalue weighted by molar-refractivity contribution is 0.242. The van der Waals surface area contributed by atoms with Gasteiger partial charge in [0.1, 0.15) is 5.82 Å². The van der Waals surface area contributed by atoms with Crippen LogP contribution in [0, 0.1) is 11.7 Å². The fourth-order valence-corrected chi connectivity index (χ4v) is 2.57. The summed E-state index contributed by atoms with van der Waals surface area (Å²) in [6.07, 6.45) is 3.59.